The maximum atomic E-state index is 13.6. The monoisotopic (exact) mass is 428 g/mol. The first-order valence-electron chi connectivity index (χ1n) is 11.2. The van der Waals surface area contributed by atoms with E-state index in [1.54, 1.807) is 7.11 Å². The highest BCUT2D eigenvalue weighted by atomic mass is 16.5. The van der Waals surface area contributed by atoms with Gasteiger partial charge in [-0.15, -0.1) is 0 Å². The summed E-state index contributed by atoms with van der Waals surface area (Å²) in [5, 5.41) is 0. The number of hydrogen-bond acceptors (Lipinski definition) is 3. The van der Waals surface area contributed by atoms with Crippen LogP contribution < -0.4 is 4.74 Å². The van der Waals surface area contributed by atoms with Gasteiger partial charge in [-0.2, -0.15) is 0 Å². The molecule has 0 aliphatic carbocycles. The molecule has 0 saturated carbocycles. The molecule has 0 aromatic heterocycles. The molecule has 4 nitrogen and oxygen atoms in total. The lowest BCUT2D eigenvalue weighted by molar-refractivity contribution is -0.130. The molecule has 1 saturated heterocycles. The predicted molar refractivity (Wildman–Crippen MR) is 129 cm³/mol. The van der Waals surface area contributed by atoms with Crippen molar-refractivity contribution in [2.24, 2.45) is 0 Å². The number of aryl methyl sites for hydroxylation is 2. The van der Waals surface area contributed by atoms with Gasteiger partial charge in [-0.05, 0) is 73.7 Å². The van der Waals surface area contributed by atoms with Crippen LogP contribution in [0.4, 0.5) is 0 Å². The van der Waals surface area contributed by atoms with Crippen molar-refractivity contribution in [1.29, 1.82) is 0 Å². The fourth-order valence-corrected chi connectivity index (χ4v) is 4.56. The Balaban J connectivity index is 1.61. The maximum absolute atomic E-state index is 13.6. The molecule has 1 aliphatic rings. The van der Waals surface area contributed by atoms with Crippen molar-refractivity contribution in [3.63, 3.8) is 0 Å². The van der Waals surface area contributed by atoms with Crippen LogP contribution in [0.2, 0.25) is 0 Å². The minimum Gasteiger partial charge on any atom is -0.497 e. The Morgan fingerprint density at radius 2 is 1.59 bits per heavy atom. The van der Waals surface area contributed by atoms with Gasteiger partial charge >= 0.3 is 0 Å². The molecular formula is C28H32N2O2. The topological polar surface area (TPSA) is 32.8 Å². The molecule has 1 aliphatic heterocycles. The Morgan fingerprint density at radius 1 is 0.875 bits per heavy atom. The molecule has 32 heavy (non-hydrogen) atoms. The van der Waals surface area contributed by atoms with E-state index >= 15 is 0 Å². The van der Waals surface area contributed by atoms with Crippen molar-refractivity contribution in [3.05, 3.63) is 101 Å². The zero-order chi connectivity index (χ0) is 22.7. The molecule has 2 atom stereocenters. The zero-order valence-corrected chi connectivity index (χ0v) is 19.4. The maximum Gasteiger partial charge on any atom is 0.241 e. The second-order valence-corrected chi connectivity index (χ2v) is 8.72. The van der Waals surface area contributed by atoms with E-state index in [0.29, 0.717) is 6.54 Å². The van der Waals surface area contributed by atoms with E-state index in [1.165, 1.54) is 27.8 Å². The van der Waals surface area contributed by atoms with E-state index in [2.05, 4.69) is 73.2 Å². The van der Waals surface area contributed by atoms with Crippen LogP contribution in [0.15, 0.2) is 72.8 Å². The summed E-state index contributed by atoms with van der Waals surface area (Å²) in [6.07, 6.45) is 1.47. The summed E-state index contributed by atoms with van der Waals surface area (Å²) in [5.74, 6) is 1.05. The highest BCUT2D eigenvalue weighted by molar-refractivity contribution is 5.85. The minimum absolute atomic E-state index is 0.0613. The number of likely N-dealkylation sites (N-methyl/N-ethyl adjacent to an activating group) is 1. The summed E-state index contributed by atoms with van der Waals surface area (Å²) in [6, 6.07) is 24.8. The van der Waals surface area contributed by atoms with Gasteiger partial charge in [0.05, 0.1) is 13.2 Å². The number of nitrogens with zero attached hydrogens (tertiary/aromatic N) is 2. The standard InChI is InChI=1S/C28H32N2O2/c1-20-10-13-24(18-21(20)2)27-29(3)26(19-23-8-6-5-7-9-23)28(31)30(27)17-16-22-11-14-25(32-4)15-12-22/h5-15,18,26-27H,16-17,19H2,1-4H3/t26-,27+/m0/s1. The number of rotatable bonds is 7. The predicted octanol–water partition coefficient (Wildman–Crippen LogP) is 4.94. The lowest BCUT2D eigenvalue weighted by Gasteiger charge is -2.29. The molecule has 0 N–H and O–H groups in total. The summed E-state index contributed by atoms with van der Waals surface area (Å²) in [7, 11) is 3.76. The highest BCUT2D eigenvalue weighted by Gasteiger charge is 2.44. The molecule has 1 amide bonds. The average Bonchev–Trinajstić information content (AvgIpc) is 3.04. The van der Waals surface area contributed by atoms with Gasteiger partial charge in [0.25, 0.3) is 0 Å². The van der Waals surface area contributed by atoms with Crippen LogP contribution in [0, 0.1) is 13.8 Å². The third-order valence-corrected chi connectivity index (χ3v) is 6.64. The van der Waals surface area contributed by atoms with Crippen LogP contribution in [0.5, 0.6) is 5.75 Å². The SMILES string of the molecule is COc1ccc(CCN2C(=O)[C@H](Cc3ccccc3)N(C)[C@H]2c2ccc(C)c(C)c2)cc1. The van der Waals surface area contributed by atoms with Gasteiger partial charge in [0.15, 0.2) is 0 Å². The highest BCUT2D eigenvalue weighted by Crippen LogP contribution is 2.35. The molecule has 0 radical (unpaired) electrons. The molecular weight excluding hydrogens is 396 g/mol. The van der Waals surface area contributed by atoms with Crippen LogP contribution in [0.1, 0.15) is 34.0 Å². The summed E-state index contributed by atoms with van der Waals surface area (Å²) in [6.45, 7) is 4.94. The first-order chi connectivity index (χ1) is 15.5. The summed E-state index contributed by atoms with van der Waals surface area (Å²) in [5.41, 5.74) is 6.09. The first-order valence-corrected chi connectivity index (χ1v) is 11.2. The van der Waals surface area contributed by atoms with Crippen LogP contribution in [-0.2, 0) is 17.6 Å². The summed E-state index contributed by atoms with van der Waals surface area (Å²) in [4.78, 5) is 17.9. The lowest BCUT2D eigenvalue weighted by atomic mass is 10.0. The summed E-state index contributed by atoms with van der Waals surface area (Å²) >= 11 is 0. The van der Waals surface area contributed by atoms with Gasteiger partial charge in [-0.1, -0.05) is 60.7 Å². The van der Waals surface area contributed by atoms with Crippen molar-refractivity contribution < 1.29 is 9.53 Å². The molecule has 4 rings (SSSR count). The number of benzene rings is 3. The fourth-order valence-electron chi connectivity index (χ4n) is 4.56. The fraction of sp³-hybridized carbons (Fsp3) is 0.321. The molecule has 0 spiro atoms. The second kappa shape index (κ2) is 9.58. The Hall–Kier alpha value is -3.11. The molecule has 3 aromatic rings. The average molecular weight is 429 g/mol. The Labute approximate surface area is 191 Å². The molecule has 1 heterocycles. The van der Waals surface area contributed by atoms with Gasteiger partial charge in [0, 0.05) is 6.54 Å². The first kappa shape index (κ1) is 22.1. The number of methoxy groups -OCH3 is 1. The number of hydrogen-bond donors (Lipinski definition) is 0. The van der Waals surface area contributed by atoms with Crippen molar-refractivity contribution >= 4 is 5.91 Å². The van der Waals surface area contributed by atoms with Gasteiger partial charge in [0.2, 0.25) is 5.91 Å². The second-order valence-electron chi connectivity index (χ2n) is 8.72. The van der Waals surface area contributed by atoms with E-state index < -0.39 is 0 Å². The molecule has 0 bridgehead atoms. The van der Waals surface area contributed by atoms with Gasteiger partial charge in [0.1, 0.15) is 11.9 Å². The summed E-state index contributed by atoms with van der Waals surface area (Å²) < 4.78 is 5.27. The largest absolute Gasteiger partial charge is 0.497 e. The van der Waals surface area contributed by atoms with Crippen LogP contribution in [0.25, 0.3) is 0 Å². The van der Waals surface area contributed by atoms with E-state index in [-0.39, 0.29) is 18.1 Å². The van der Waals surface area contributed by atoms with Crippen molar-refractivity contribution in [1.82, 2.24) is 9.80 Å². The van der Waals surface area contributed by atoms with Crippen molar-refractivity contribution in [2.45, 2.75) is 38.9 Å². The molecule has 1 fully saturated rings. The third kappa shape index (κ3) is 4.56. The number of amides is 1. The molecule has 166 valence electrons. The molecule has 4 heteroatoms. The Morgan fingerprint density at radius 3 is 2.25 bits per heavy atom. The minimum atomic E-state index is -0.167. The van der Waals surface area contributed by atoms with Crippen molar-refractivity contribution in [2.75, 3.05) is 20.7 Å². The van der Waals surface area contributed by atoms with E-state index in [4.69, 9.17) is 4.74 Å². The van der Waals surface area contributed by atoms with E-state index in [9.17, 15) is 4.79 Å². The quantitative estimate of drug-likeness (QED) is 0.534. The Kier molecular flexibility index (Phi) is 6.61. The number of carbonyl (C=O) groups is 1. The molecule has 3 aromatic carbocycles. The van der Waals surface area contributed by atoms with Gasteiger partial charge in [-0.25, -0.2) is 0 Å². The lowest BCUT2D eigenvalue weighted by Crippen LogP contribution is -2.33. The number of carbonyl (C=O) groups excluding carboxylic acids is 1. The smallest absolute Gasteiger partial charge is 0.241 e. The molecule has 0 unspecified atom stereocenters. The Bertz CT molecular complexity index is 1060. The van der Waals surface area contributed by atoms with E-state index in [1.807, 2.05) is 30.3 Å². The normalized spacial score (nSPS) is 18.9. The zero-order valence-electron chi connectivity index (χ0n) is 19.4. The van der Waals surface area contributed by atoms with Crippen LogP contribution >= 0.6 is 0 Å². The van der Waals surface area contributed by atoms with Crippen molar-refractivity contribution in [3.8, 4) is 5.75 Å². The number of ether oxygens (including phenoxy) is 1. The van der Waals surface area contributed by atoms with Crippen LogP contribution in [0.3, 0.4) is 0 Å². The third-order valence-electron chi connectivity index (χ3n) is 6.64. The van der Waals surface area contributed by atoms with E-state index in [0.717, 1.165) is 18.6 Å². The van der Waals surface area contributed by atoms with Crippen LogP contribution in [-0.4, -0.2) is 42.5 Å². The van der Waals surface area contributed by atoms with Gasteiger partial charge in [-0.3, -0.25) is 9.69 Å². The van der Waals surface area contributed by atoms with Gasteiger partial charge < -0.3 is 9.64 Å².